The monoisotopic (exact) mass is 397 g/mol. The highest BCUT2D eigenvalue weighted by molar-refractivity contribution is 7.89. The molecule has 0 aliphatic carbocycles. The summed E-state index contributed by atoms with van der Waals surface area (Å²) >= 11 is 0. The lowest BCUT2D eigenvalue weighted by molar-refractivity contribution is 0.0666. The standard InChI is InChI=1S/C18H27N3O5S/c1-13-11-20(12-14(2)21(13)8-5-9-25-4)27(23,24)15-6-7-16-17(10-15)26-18(22)19(16)3/h6-7,10,13-14H,5,8-9,11-12H2,1-4H3. The van der Waals surface area contributed by atoms with Gasteiger partial charge in [0.2, 0.25) is 10.0 Å². The minimum absolute atomic E-state index is 0.110. The summed E-state index contributed by atoms with van der Waals surface area (Å²) in [5, 5.41) is 0. The largest absolute Gasteiger partial charge is 0.419 e. The van der Waals surface area contributed by atoms with Crippen LogP contribution in [-0.2, 0) is 21.8 Å². The van der Waals surface area contributed by atoms with Crippen LogP contribution in [0.1, 0.15) is 20.3 Å². The zero-order valence-electron chi connectivity index (χ0n) is 16.2. The molecule has 0 saturated carbocycles. The lowest BCUT2D eigenvalue weighted by Gasteiger charge is -2.43. The Kier molecular flexibility index (Phi) is 5.76. The first-order valence-corrected chi connectivity index (χ1v) is 10.5. The maximum atomic E-state index is 13.1. The second-order valence-electron chi connectivity index (χ2n) is 7.16. The molecule has 27 heavy (non-hydrogen) atoms. The van der Waals surface area contributed by atoms with Gasteiger partial charge in [-0.25, -0.2) is 13.2 Å². The van der Waals surface area contributed by atoms with Gasteiger partial charge >= 0.3 is 5.76 Å². The minimum atomic E-state index is -3.66. The summed E-state index contributed by atoms with van der Waals surface area (Å²) in [5.41, 5.74) is 0.853. The van der Waals surface area contributed by atoms with Crippen LogP contribution in [0.4, 0.5) is 0 Å². The summed E-state index contributed by atoms with van der Waals surface area (Å²) in [6.07, 6.45) is 0.918. The van der Waals surface area contributed by atoms with Crippen molar-refractivity contribution in [3.05, 3.63) is 28.7 Å². The maximum absolute atomic E-state index is 13.1. The van der Waals surface area contributed by atoms with Crippen LogP contribution in [-0.4, -0.2) is 67.6 Å². The summed E-state index contributed by atoms with van der Waals surface area (Å²) < 4.78 is 39.4. The second kappa shape index (κ2) is 7.75. The SMILES string of the molecule is COCCCN1C(C)CN(S(=O)(=O)c2ccc3c(c2)oc(=O)n3C)CC1C. The van der Waals surface area contributed by atoms with E-state index in [0.717, 1.165) is 13.0 Å². The van der Waals surface area contributed by atoms with Gasteiger partial charge in [0.15, 0.2) is 5.58 Å². The number of piperazine rings is 1. The fourth-order valence-electron chi connectivity index (χ4n) is 3.76. The van der Waals surface area contributed by atoms with E-state index in [-0.39, 0.29) is 22.6 Å². The normalized spacial score (nSPS) is 22.5. The number of hydrogen-bond acceptors (Lipinski definition) is 6. The molecular formula is C18H27N3O5S. The topological polar surface area (TPSA) is 85.0 Å². The summed E-state index contributed by atoms with van der Waals surface area (Å²) in [6.45, 7) is 6.52. The molecule has 1 aromatic heterocycles. The van der Waals surface area contributed by atoms with Gasteiger partial charge in [-0.2, -0.15) is 4.31 Å². The fourth-order valence-corrected chi connectivity index (χ4v) is 5.38. The van der Waals surface area contributed by atoms with Gasteiger partial charge in [0, 0.05) is 58.5 Å². The third-order valence-corrected chi connectivity index (χ3v) is 7.06. The molecule has 1 aliphatic heterocycles. The fraction of sp³-hybridized carbons (Fsp3) is 0.611. The van der Waals surface area contributed by atoms with Crippen LogP contribution in [0.25, 0.3) is 11.1 Å². The quantitative estimate of drug-likeness (QED) is 0.682. The zero-order chi connectivity index (χ0) is 19.8. The number of aryl methyl sites for hydroxylation is 1. The molecule has 1 aromatic carbocycles. The molecule has 0 radical (unpaired) electrons. The van der Waals surface area contributed by atoms with Crippen molar-refractivity contribution >= 4 is 21.1 Å². The smallest absolute Gasteiger partial charge is 0.408 e. The van der Waals surface area contributed by atoms with E-state index in [2.05, 4.69) is 4.90 Å². The summed E-state index contributed by atoms with van der Waals surface area (Å²) in [7, 11) is -0.386. The molecule has 2 heterocycles. The van der Waals surface area contributed by atoms with Gasteiger partial charge in [-0.05, 0) is 32.4 Å². The number of rotatable bonds is 6. The third kappa shape index (κ3) is 3.82. The average molecular weight is 397 g/mol. The molecule has 2 atom stereocenters. The van der Waals surface area contributed by atoms with Gasteiger partial charge in [-0.1, -0.05) is 0 Å². The van der Waals surface area contributed by atoms with Crippen molar-refractivity contribution < 1.29 is 17.6 Å². The molecule has 1 aliphatic rings. The summed E-state index contributed by atoms with van der Waals surface area (Å²) in [4.78, 5) is 14.1. The molecule has 8 nitrogen and oxygen atoms in total. The molecular weight excluding hydrogens is 370 g/mol. The van der Waals surface area contributed by atoms with Crippen LogP contribution in [0.3, 0.4) is 0 Å². The molecule has 1 fully saturated rings. The van der Waals surface area contributed by atoms with Crippen molar-refractivity contribution in [3.8, 4) is 0 Å². The Balaban J connectivity index is 1.82. The van der Waals surface area contributed by atoms with Gasteiger partial charge in [0.05, 0.1) is 10.4 Å². The molecule has 2 unspecified atom stereocenters. The van der Waals surface area contributed by atoms with Crippen LogP contribution in [0.5, 0.6) is 0 Å². The van der Waals surface area contributed by atoms with Crippen molar-refractivity contribution in [1.82, 2.24) is 13.8 Å². The number of fused-ring (bicyclic) bond motifs is 1. The first-order valence-electron chi connectivity index (χ1n) is 9.10. The van der Waals surface area contributed by atoms with Crippen LogP contribution >= 0.6 is 0 Å². The number of methoxy groups -OCH3 is 1. The van der Waals surface area contributed by atoms with E-state index in [0.29, 0.717) is 25.2 Å². The molecule has 9 heteroatoms. The lowest BCUT2D eigenvalue weighted by Crippen LogP contribution is -2.58. The minimum Gasteiger partial charge on any atom is -0.408 e. The van der Waals surface area contributed by atoms with Crippen LogP contribution in [0.15, 0.2) is 32.3 Å². The Labute approximate surface area is 159 Å². The highest BCUT2D eigenvalue weighted by Crippen LogP contribution is 2.25. The number of sulfonamides is 1. The molecule has 150 valence electrons. The predicted molar refractivity (Wildman–Crippen MR) is 102 cm³/mol. The first-order chi connectivity index (χ1) is 12.8. The highest BCUT2D eigenvalue weighted by Gasteiger charge is 2.36. The van der Waals surface area contributed by atoms with Gasteiger partial charge in [0.25, 0.3) is 0 Å². The van der Waals surface area contributed by atoms with Crippen molar-refractivity contribution in [1.29, 1.82) is 0 Å². The highest BCUT2D eigenvalue weighted by atomic mass is 32.2. The number of aromatic nitrogens is 1. The van der Waals surface area contributed by atoms with Crippen LogP contribution in [0, 0.1) is 0 Å². The van der Waals surface area contributed by atoms with E-state index in [1.54, 1.807) is 20.2 Å². The Morgan fingerprint density at radius 2 is 1.89 bits per heavy atom. The van der Waals surface area contributed by atoms with Gasteiger partial charge in [-0.15, -0.1) is 0 Å². The number of oxazole rings is 1. The Morgan fingerprint density at radius 1 is 1.22 bits per heavy atom. The van der Waals surface area contributed by atoms with E-state index in [9.17, 15) is 13.2 Å². The Bertz CT molecular complexity index is 953. The van der Waals surface area contributed by atoms with E-state index < -0.39 is 15.8 Å². The van der Waals surface area contributed by atoms with Crippen molar-refractivity contribution in [2.24, 2.45) is 7.05 Å². The molecule has 0 amide bonds. The van der Waals surface area contributed by atoms with E-state index in [4.69, 9.17) is 9.15 Å². The number of nitrogens with zero attached hydrogens (tertiary/aromatic N) is 3. The third-order valence-electron chi connectivity index (χ3n) is 5.23. The van der Waals surface area contributed by atoms with Gasteiger partial charge < -0.3 is 9.15 Å². The molecule has 2 aromatic rings. The molecule has 0 bridgehead atoms. The van der Waals surface area contributed by atoms with Crippen molar-refractivity contribution in [3.63, 3.8) is 0 Å². The number of hydrogen-bond donors (Lipinski definition) is 0. The van der Waals surface area contributed by atoms with E-state index in [1.807, 2.05) is 13.8 Å². The summed E-state index contributed by atoms with van der Waals surface area (Å²) in [5.74, 6) is -0.508. The van der Waals surface area contributed by atoms with E-state index >= 15 is 0 Å². The Morgan fingerprint density at radius 3 is 2.52 bits per heavy atom. The molecule has 3 rings (SSSR count). The predicted octanol–water partition coefficient (Wildman–Crippen LogP) is 1.25. The maximum Gasteiger partial charge on any atom is 0.419 e. The Hall–Kier alpha value is -1.68. The molecule has 1 saturated heterocycles. The van der Waals surface area contributed by atoms with Crippen molar-refractivity contribution in [2.45, 2.75) is 37.2 Å². The van der Waals surface area contributed by atoms with Crippen LogP contribution < -0.4 is 5.76 Å². The molecule has 0 spiro atoms. The van der Waals surface area contributed by atoms with Crippen LogP contribution in [0.2, 0.25) is 0 Å². The van der Waals surface area contributed by atoms with Crippen molar-refractivity contribution in [2.75, 3.05) is 33.4 Å². The average Bonchev–Trinajstić information content (AvgIpc) is 2.91. The number of ether oxygens (including phenoxy) is 1. The molecule has 0 N–H and O–H groups in total. The first kappa shape index (κ1) is 20.1. The lowest BCUT2D eigenvalue weighted by atomic mass is 10.1. The van der Waals surface area contributed by atoms with Gasteiger partial charge in [-0.3, -0.25) is 9.47 Å². The summed E-state index contributed by atoms with van der Waals surface area (Å²) in [6, 6.07) is 4.80. The van der Waals surface area contributed by atoms with E-state index in [1.165, 1.54) is 21.0 Å². The number of benzene rings is 1. The zero-order valence-corrected chi connectivity index (χ0v) is 17.0. The van der Waals surface area contributed by atoms with Gasteiger partial charge in [0.1, 0.15) is 0 Å². The second-order valence-corrected chi connectivity index (χ2v) is 9.10.